The van der Waals surface area contributed by atoms with E-state index in [4.69, 9.17) is 4.74 Å². The molecule has 2 atom stereocenters. The van der Waals surface area contributed by atoms with Crippen molar-refractivity contribution >= 4 is 11.9 Å². The Morgan fingerprint density at radius 1 is 0.354 bits per heavy atom. The second-order valence-electron chi connectivity index (χ2n) is 24.6. The fraction of sp³-hybridized carbons (Fsp3) is 0.890. The zero-order valence-corrected chi connectivity index (χ0v) is 53.4. The smallest absolute Gasteiger partial charge is 0.305 e. The van der Waals surface area contributed by atoms with Gasteiger partial charge in [0.2, 0.25) is 5.91 Å². The number of rotatable bonds is 67. The van der Waals surface area contributed by atoms with Crippen LogP contribution >= 0.6 is 0 Å². The van der Waals surface area contributed by atoms with Crippen molar-refractivity contribution in [2.24, 2.45) is 0 Å². The van der Waals surface area contributed by atoms with Gasteiger partial charge in [0.05, 0.1) is 25.4 Å². The van der Waals surface area contributed by atoms with E-state index in [2.05, 4.69) is 43.5 Å². The standard InChI is InChI=1S/C73H139NO5/c1-3-5-7-9-11-13-15-17-19-20-21-22-28-31-34-38-41-45-49-53-57-61-65-71(76)70(69-75)74-72(77)66-62-58-54-50-46-42-39-35-32-29-26-24-23-25-27-30-33-36-40-44-48-52-56-60-64-68-79-73(78)67-63-59-55-51-47-43-37-18-16-14-12-10-8-6-4-2/h12,14,18,37,61,65,70-71,75-76H,3-11,13,15-17,19-36,38-60,62-64,66-69H2,1-2H3,(H,74,77)/b14-12-,37-18-,65-61+. The molecule has 0 aliphatic heterocycles. The molecule has 0 aromatic heterocycles. The van der Waals surface area contributed by atoms with Gasteiger partial charge in [-0.3, -0.25) is 9.59 Å². The molecular formula is C73H139NO5. The normalized spacial score (nSPS) is 12.7. The molecule has 1 amide bonds. The number of nitrogens with one attached hydrogen (secondary N) is 1. The van der Waals surface area contributed by atoms with Gasteiger partial charge < -0.3 is 20.3 Å². The van der Waals surface area contributed by atoms with Crippen LogP contribution in [0, 0.1) is 0 Å². The maximum Gasteiger partial charge on any atom is 0.305 e. The number of carbonyl (C=O) groups is 2. The molecule has 3 N–H and O–H groups in total. The summed E-state index contributed by atoms with van der Waals surface area (Å²) in [4.78, 5) is 24.6. The summed E-state index contributed by atoms with van der Waals surface area (Å²) in [5.41, 5.74) is 0. The maximum absolute atomic E-state index is 12.5. The van der Waals surface area contributed by atoms with Crippen molar-refractivity contribution in [3.05, 3.63) is 36.5 Å². The van der Waals surface area contributed by atoms with Gasteiger partial charge in [-0.25, -0.2) is 0 Å². The summed E-state index contributed by atoms with van der Waals surface area (Å²) in [6.45, 7) is 4.91. The Kier molecular flexibility index (Phi) is 66.9. The highest BCUT2D eigenvalue weighted by Gasteiger charge is 2.18. The summed E-state index contributed by atoms with van der Waals surface area (Å²) in [6, 6.07) is -0.628. The van der Waals surface area contributed by atoms with Crippen LogP contribution in [0.15, 0.2) is 36.5 Å². The number of unbranched alkanes of at least 4 members (excludes halogenated alkanes) is 52. The van der Waals surface area contributed by atoms with E-state index in [1.54, 1.807) is 6.08 Å². The lowest BCUT2D eigenvalue weighted by atomic mass is 10.0. The van der Waals surface area contributed by atoms with E-state index in [0.717, 1.165) is 51.4 Å². The second kappa shape index (κ2) is 68.6. The molecule has 0 spiro atoms. The van der Waals surface area contributed by atoms with Gasteiger partial charge in [-0.15, -0.1) is 0 Å². The van der Waals surface area contributed by atoms with Crippen LogP contribution in [0.5, 0.6) is 0 Å². The molecule has 0 saturated carbocycles. The topological polar surface area (TPSA) is 95.9 Å². The molecule has 0 aromatic carbocycles. The molecule has 0 saturated heterocycles. The highest BCUT2D eigenvalue weighted by Crippen LogP contribution is 2.19. The van der Waals surface area contributed by atoms with E-state index in [-0.39, 0.29) is 18.5 Å². The summed E-state index contributed by atoms with van der Waals surface area (Å²) in [6.07, 6.45) is 87.9. The molecule has 79 heavy (non-hydrogen) atoms. The van der Waals surface area contributed by atoms with Crippen molar-refractivity contribution in [2.45, 2.75) is 405 Å². The fourth-order valence-corrected chi connectivity index (χ4v) is 11.2. The molecule has 0 aliphatic rings. The third kappa shape index (κ3) is 65.1. The SMILES string of the molecule is CCCCC/C=C\C/C=C\CCCCCCCC(=O)OCCCCCCCCCCCCCCCCCCCCCCCCCCCC(=O)NC(CO)C(O)/C=C/CCCCCCCCCCCCCCCCCCCCCC. The molecule has 0 heterocycles. The number of esters is 1. The van der Waals surface area contributed by atoms with E-state index in [9.17, 15) is 19.8 Å². The Morgan fingerprint density at radius 3 is 0.987 bits per heavy atom. The minimum Gasteiger partial charge on any atom is -0.466 e. The summed E-state index contributed by atoms with van der Waals surface area (Å²) in [5, 5.41) is 23.3. The third-order valence-electron chi connectivity index (χ3n) is 16.7. The average molecular weight is 1110 g/mol. The van der Waals surface area contributed by atoms with Crippen LogP contribution in [0.3, 0.4) is 0 Å². The minimum absolute atomic E-state index is 0.00246. The van der Waals surface area contributed by atoms with Crippen molar-refractivity contribution in [1.82, 2.24) is 5.32 Å². The molecule has 0 aromatic rings. The molecule has 2 unspecified atom stereocenters. The molecule has 0 aliphatic carbocycles. The number of hydrogen-bond acceptors (Lipinski definition) is 5. The molecule has 0 bridgehead atoms. The first-order valence-electron chi connectivity index (χ1n) is 35.8. The predicted octanol–water partition coefficient (Wildman–Crippen LogP) is 23.1. The van der Waals surface area contributed by atoms with Gasteiger partial charge in [-0.1, -0.05) is 352 Å². The number of allylic oxidation sites excluding steroid dienone is 5. The van der Waals surface area contributed by atoms with Crippen LogP contribution in [-0.2, 0) is 14.3 Å². The minimum atomic E-state index is -0.845. The van der Waals surface area contributed by atoms with E-state index in [1.807, 2.05) is 6.08 Å². The Bertz CT molecular complexity index is 1280. The first-order chi connectivity index (χ1) is 39.0. The molecular weight excluding hydrogens is 971 g/mol. The van der Waals surface area contributed by atoms with Crippen LogP contribution in [0.25, 0.3) is 0 Å². The van der Waals surface area contributed by atoms with E-state index in [1.165, 1.54) is 315 Å². The molecule has 466 valence electrons. The van der Waals surface area contributed by atoms with Crippen LogP contribution in [-0.4, -0.2) is 47.4 Å². The number of aliphatic hydroxyl groups excluding tert-OH is 2. The Balaban J connectivity index is 3.39. The fourth-order valence-electron chi connectivity index (χ4n) is 11.2. The molecule has 0 fully saturated rings. The Labute approximate surface area is 494 Å². The van der Waals surface area contributed by atoms with Gasteiger partial charge in [0, 0.05) is 12.8 Å². The first-order valence-corrected chi connectivity index (χ1v) is 35.8. The van der Waals surface area contributed by atoms with Crippen LogP contribution in [0.4, 0.5) is 0 Å². The second-order valence-corrected chi connectivity index (χ2v) is 24.6. The molecule has 6 nitrogen and oxygen atoms in total. The lowest BCUT2D eigenvalue weighted by Gasteiger charge is -2.20. The summed E-state index contributed by atoms with van der Waals surface area (Å²) in [5.74, 6) is -0.0600. The predicted molar refractivity (Wildman–Crippen MR) is 347 cm³/mol. The summed E-state index contributed by atoms with van der Waals surface area (Å²) in [7, 11) is 0. The number of aliphatic hydroxyl groups is 2. The van der Waals surface area contributed by atoms with Crippen molar-refractivity contribution in [2.75, 3.05) is 13.2 Å². The molecule has 0 radical (unpaired) electrons. The van der Waals surface area contributed by atoms with Gasteiger partial charge in [-0.05, 0) is 64.2 Å². The van der Waals surface area contributed by atoms with Crippen LogP contribution in [0.1, 0.15) is 393 Å². The maximum atomic E-state index is 12.5. The lowest BCUT2D eigenvalue weighted by Crippen LogP contribution is -2.45. The first kappa shape index (κ1) is 77.1. The summed E-state index contributed by atoms with van der Waals surface area (Å²) >= 11 is 0. The number of hydrogen-bond donors (Lipinski definition) is 3. The van der Waals surface area contributed by atoms with E-state index >= 15 is 0 Å². The van der Waals surface area contributed by atoms with Crippen molar-refractivity contribution < 1.29 is 24.5 Å². The van der Waals surface area contributed by atoms with Crippen molar-refractivity contribution in [1.29, 1.82) is 0 Å². The highest BCUT2D eigenvalue weighted by atomic mass is 16.5. The van der Waals surface area contributed by atoms with Crippen LogP contribution in [0.2, 0.25) is 0 Å². The monoisotopic (exact) mass is 1110 g/mol. The zero-order valence-electron chi connectivity index (χ0n) is 53.4. The van der Waals surface area contributed by atoms with Gasteiger partial charge in [0.25, 0.3) is 0 Å². The largest absolute Gasteiger partial charge is 0.466 e. The van der Waals surface area contributed by atoms with Gasteiger partial charge in [0.15, 0.2) is 0 Å². The zero-order chi connectivity index (χ0) is 57.1. The number of amides is 1. The molecule has 0 rings (SSSR count). The highest BCUT2D eigenvalue weighted by molar-refractivity contribution is 5.76. The Hall–Kier alpha value is -1.92. The number of ether oxygens (including phenoxy) is 1. The quantitative estimate of drug-likeness (QED) is 0.0320. The molecule has 6 heteroatoms. The van der Waals surface area contributed by atoms with Crippen LogP contribution < -0.4 is 5.32 Å². The van der Waals surface area contributed by atoms with Gasteiger partial charge >= 0.3 is 5.97 Å². The lowest BCUT2D eigenvalue weighted by molar-refractivity contribution is -0.143. The van der Waals surface area contributed by atoms with Gasteiger partial charge in [0.1, 0.15) is 0 Å². The summed E-state index contributed by atoms with van der Waals surface area (Å²) < 4.78 is 5.49. The van der Waals surface area contributed by atoms with Crippen molar-refractivity contribution in [3.8, 4) is 0 Å². The van der Waals surface area contributed by atoms with E-state index < -0.39 is 12.1 Å². The average Bonchev–Trinajstić information content (AvgIpc) is 3.45. The van der Waals surface area contributed by atoms with Crippen molar-refractivity contribution in [3.63, 3.8) is 0 Å². The third-order valence-corrected chi connectivity index (χ3v) is 16.7. The van der Waals surface area contributed by atoms with Gasteiger partial charge in [-0.2, -0.15) is 0 Å². The Morgan fingerprint density at radius 2 is 0.633 bits per heavy atom. The number of carbonyl (C=O) groups excluding carboxylic acids is 2. The van der Waals surface area contributed by atoms with E-state index in [0.29, 0.717) is 19.4 Å².